The second kappa shape index (κ2) is 7.31. The van der Waals surface area contributed by atoms with E-state index >= 15 is 0 Å². The van der Waals surface area contributed by atoms with Crippen molar-refractivity contribution < 1.29 is 14.6 Å². The third-order valence-electron chi connectivity index (χ3n) is 3.59. The lowest BCUT2D eigenvalue weighted by molar-refractivity contribution is -0.132. The first-order chi connectivity index (χ1) is 10.0. The summed E-state index contributed by atoms with van der Waals surface area (Å²) in [4.78, 5) is 13.8. The van der Waals surface area contributed by atoms with Gasteiger partial charge in [0.05, 0.1) is 5.02 Å². The van der Waals surface area contributed by atoms with Gasteiger partial charge in [-0.2, -0.15) is 0 Å². The molecule has 1 heterocycles. The Morgan fingerprint density at radius 2 is 2.19 bits per heavy atom. The van der Waals surface area contributed by atoms with Crippen LogP contribution < -0.4 is 10.5 Å². The number of ether oxygens (including phenoxy) is 1. The summed E-state index contributed by atoms with van der Waals surface area (Å²) in [6.45, 7) is 1.02. The zero-order valence-corrected chi connectivity index (χ0v) is 13.0. The smallest absolute Gasteiger partial charge is 0.260 e. The van der Waals surface area contributed by atoms with Crippen molar-refractivity contribution in [3.8, 4) is 5.75 Å². The molecule has 2 atom stereocenters. The minimum absolute atomic E-state index is 0.0806. The fourth-order valence-corrected chi connectivity index (χ4v) is 2.86. The first-order valence-corrected chi connectivity index (χ1v) is 7.49. The van der Waals surface area contributed by atoms with Crippen LogP contribution in [-0.2, 0) is 4.79 Å². The van der Waals surface area contributed by atoms with E-state index in [1.54, 1.807) is 23.1 Å². The van der Waals surface area contributed by atoms with Gasteiger partial charge in [0.2, 0.25) is 0 Å². The Kier molecular flexibility index (Phi) is 5.70. The van der Waals surface area contributed by atoms with Crippen LogP contribution in [0.2, 0.25) is 10.0 Å². The molecule has 3 N–H and O–H groups in total. The van der Waals surface area contributed by atoms with Gasteiger partial charge in [-0.15, -0.1) is 0 Å². The molecule has 2 rings (SSSR count). The molecule has 1 saturated heterocycles. The summed E-state index contributed by atoms with van der Waals surface area (Å²) in [6.07, 6.45) is 0.606. The highest BCUT2D eigenvalue weighted by Crippen LogP contribution is 2.27. The quantitative estimate of drug-likeness (QED) is 0.857. The molecule has 21 heavy (non-hydrogen) atoms. The summed E-state index contributed by atoms with van der Waals surface area (Å²) >= 11 is 11.8. The number of likely N-dealkylation sites (tertiary alicyclic amines) is 1. The van der Waals surface area contributed by atoms with Crippen LogP contribution in [0.15, 0.2) is 18.2 Å². The molecule has 0 radical (unpaired) electrons. The molecule has 0 bridgehead atoms. The van der Waals surface area contributed by atoms with E-state index in [1.807, 2.05) is 0 Å². The predicted octanol–water partition coefficient (Wildman–Crippen LogP) is 1.54. The Morgan fingerprint density at radius 3 is 2.86 bits per heavy atom. The van der Waals surface area contributed by atoms with Gasteiger partial charge >= 0.3 is 0 Å². The molecule has 1 aromatic rings. The summed E-state index contributed by atoms with van der Waals surface area (Å²) in [7, 11) is 0. The number of aliphatic hydroxyl groups excluding tert-OH is 1. The average molecular weight is 333 g/mol. The molecule has 7 heteroatoms. The van der Waals surface area contributed by atoms with Crippen LogP contribution in [-0.4, -0.2) is 48.3 Å². The van der Waals surface area contributed by atoms with E-state index in [0.717, 1.165) is 0 Å². The normalized spacial score (nSPS) is 21.6. The molecule has 0 unspecified atom stereocenters. The Labute approximate surface area is 133 Å². The molecular formula is C14H18Cl2N2O3. The maximum atomic E-state index is 12.1. The number of benzene rings is 1. The van der Waals surface area contributed by atoms with Crippen molar-refractivity contribution >= 4 is 29.1 Å². The van der Waals surface area contributed by atoms with E-state index in [0.29, 0.717) is 35.3 Å². The van der Waals surface area contributed by atoms with Gasteiger partial charge in [-0.25, -0.2) is 0 Å². The van der Waals surface area contributed by atoms with Crippen LogP contribution in [0.25, 0.3) is 0 Å². The van der Waals surface area contributed by atoms with Gasteiger partial charge in [0.15, 0.2) is 6.61 Å². The third kappa shape index (κ3) is 4.23. The zero-order chi connectivity index (χ0) is 15.4. The van der Waals surface area contributed by atoms with Crippen LogP contribution in [0.4, 0.5) is 0 Å². The summed E-state index contributed by atoms with van der Waals surface area (Å²) in [6, 6.07) is 4.74. The molecule has 1 fully saturated rings. The number of carbonyl (C=O) groups excluding carboxylic acids is 1. The van der Waals surface area contributed by atoms with Crippen molar-refractivity contribution in [2.45, 2.75) is 12.5 Å². The summed E-state index contributed by atoms with van der Waals surface area (Å²) < 4.78 is 5.42. The summed E-state index contributed by atoms with van der Waals surface area (Å²) in [5, 5.41) is 9.84. The van der Waals surface area contributed by atoms with Gasteiger partial charge in [-0.05, 0) is 30.5 Å². The van der Waals surface area contributed by atoms with E-state index in [4.69, 9.17) is 38.8 Å². The Hall–Kier alpha value is -1.01. The monoisotopic (exact) mass is 332 g/mol. The van der Waals surface area contributed by atoms with Crippen LogP contribution in [0.5, 0.6) is 5.75 Å². The number of amides is 1. The Morgan fingerprint density at radius 1 is 1.43 bits per heavy atom. The van der Waals surface area contributed by atoms with Crippen LogP contribution in [0, 0.1) is 5.92 Å². The number of hydrogen-bond acceptors (Lipinski definition) is 4. The first-order valence-electron chi connectivity index (χ1n) is 6.73. The number of carbonyl (C=O) groups is 1. The molecule has 0 spiro atoms. The van der Waals surface area contributed by atoms with Crippen molar-refractivity contribution in [3.05, 3.63) is 28.2 Å². The molecule has 0 aromatic heterocycles. The minimum atomic E-state index is -0.142. The number of rotatable bonds is 5. The second-order valence-corrected chi connectivity index (χ2v) is 5.94. The highest BCUT2D eigenvalue weighted by atomic mass is 35.5. The van der Waals surface area contributed by atoms with Crippen molar-refractivity contribution in [2.24, 2.45) is 11.7 Å². The number of nitrogens with two attached hydrogens (primary N) is 1. The Balaban J connectivity index is 1.88. The van der Waals surface area contributed by atoms with E-state index in [9.17, 15) is 4.79 Å². The standard InChI is InChI=1S/C14H18Cl2N2O3/c15-10-1-2-13(11(16)5-10)21-8-14(20)18-6-9(3-4-19)12(17)7-18/h1-2,5,9,12,19H,3-4,6-8,17H2/t9-,12-/m0/s1. The number of nitrogens with zero attached hydrogens (tertiary/aromatic N) is 1. The molecule has 1 aliphatic rings. The fraction of sp³-hybridized carbons (Fsp3) is 0.500. The third-order valence-corrected chi connectivity index (χ3v) is 4.12. The van der Waals surface area contributed by atoms with E-state index in [-0.39, 0.29) is 31.1 Å². The fourth-order valence-electron chi connectivity index (χ4n) is 2.39. The first kappa shape index (κ1) is 16.4. The van der Waals surface area contributed by atoms with Gasteiger partial charge in [-0.1, -0.05) is 23.2 Å². The second-order valence-electron chi connectivity index (χ2n) is 5.10. The lowest BCUT2D eigenvalue weighted by atomic mass is 10.0. The van der Waals surface area contributed by atoms with Crippen molar-refractivity contribution in [2.75, 3.05) is 26.3 Å². The van der Waals surface area contributed by atoms with Crippen molar-refractivity contribution in [1.82, 2.24) is 4.90 Å². The molecule has 1 aromatic carbocycles. The SMILES string of the molecule is N[C@H]1CN(C(=O)COc2ccc(Cl)cc2Cl)C[C@@H]1CCO. The molecular weight excluding hydrogens is 315 g/mol. The summed E-state index contributed by atoms with van der Waals surface area (Å²) in [5.74, 6) is 0.416. The average Bonchev–Trinajstić information content (AvgIpc) is 2.79. The number of aliphatic hydroxyl groups is 1. The minimum Gasteiger partial charge on any atom is -0.482 e. The lowest BCUT2D eigenvalue weighted by Gasteiger charge is -2.17. The maximum absolute atomic E-state index is 12.1. The van der Waals surface area contributed by atoms with E-state index < -0.39 is 0 Å². The molecule has 1 aliphatic heterocycles. The topological polar surface area (TPSA) is 75.8 Å². The van der Waals surface area contributed by atoms with E-state index in [1.165, 1.54) is 0 Å². The highest BCUT2D eigenvalue weighted by Gasteiger charge is 2.32. The molecule has 5 nitrogen and oxygen atoms in total. The molecule has 116 valence electrons. The van der Waals surface area contributed by atoms with Gasteiger partial charge in [-0.3, -0.25) is 4.79 Å². The summed E-state index contributed by atoms with van der Waals surface area (Å²) in [5.41, 5.74) is 5.96. The maximum Gasteiger partial charge on any atom is 0.260 e. The highest BCUT2D eigenvalue weighted by molar-refractivity contribution is 6.35. The van der Waals surface area contributed by atoms with Crippen molar-refractivity contribution in [1.29, 1.82) is 0 Å². The molecule has 0 aliphatic carbocycles. The van der Waals surface area contributed by atoms with Gasteiger partial charge in [0, 0.05) is 30.8 Å². The molecule has 0 saturated carbocycles. The lowest BCUT2D eigenvalue weighted by Crippen LogP contribution is -2.35. The van der Waals surface area contributed by atoms with Crippen molar-refractivity contribution in [3.63, 3.8) is 0 Å². The van der Waals surface area contributed by atoms with E-state index in [2.05, 4.69) is 0 Å². The van der Waals surface area contributed by atoms with Gasteiger partial charge in [0.1, 0.15) is 5.75 Å². The zero-order valence-electron chi connectivity index (χ0n) is 11.5. The molecule has 1 amide bonds. The largest absolute Gasteiger partial charge is 0.482 e. The number of halogens is 2. The van der Waals surface area contributed by atoms with Crippen LogP contribution in [0.1, 0.15) is 6.42 Å². The van der Waals surface area contributed by atoms with Gasteiger partial charge < -0.3 is 20.5 Å². The predicted molar refractivity (Wildman–Crippen MR) is 81.7 cm³/mol. The van der Waals surface area contributed by atoms with Crippen LogP contribution >= 0.6 is 23.2 Å². The van der Waals surface area contributed by atoms with Gasteiger partial charge in [0.25, 0.3) is 5.91 Å². The van der Waals surface area contributed by atoms with Crippen LogP contribution in [0.3, 0.4) is 0 Å². The Bertz CT molecular complexity index is 513. The number of hydrogen-bond donors (Lipinski definition) is 2.